The van der Waals surface area contributed by atoms with Crippen molar-refractivity contribution in [1.82, 2.24) is 24.8 Å². The molecule has 1 aliphatic rings. The summed E-state index contributed by atoms with van der Waals surface area (Å²) in [5, 5.41) is 10.7. The molecule has 2 N–H and O–H groups in total. The van der Waals surface area contributed by atoms with Crippen LogP contribution in [0.5, 0.6) is 0 Å². The molecular weight excluding hydrogens is 374 g/mol. The minimum Gasteiger partial charge on any atom is -0.350 e. The van der Waals surface area contributed by atoms with E-state index in [4.69, 9.17) is 11.6 Å². The second-order valence-electron chi connectivity index (χ2n) is 6.90. The zero-order valence-corrected chi connectivity index (χ0v) is 16.2. The van der Waals surface area contributed by atoms with Gasteiger partial charge in [-0.2, -0.15) is 5.10 Å². The van der Waals surface area contributed by atoms with E-state index in [1.54, 1.807) is 0 Å². The Morgan fingerprint density at radius 1 is 1.46 bits per heavy atom. The molecule has 1 atom stereocenters. The van der Waals surface area contributed by atoms with Gasteiger partial charge in [-0.25, -0.2) is 4.68 Å². The summed E-state index contributed by atoms with van der Waals surface area (Å²) in [5.41, 5.74) is 1.14. The van der Waals surface area contributed by atoms with Crippen LogP contribution in [0.25, 0.3) is 15.7 Å². The fourth-order valence-corrected chi connectivity index (χ4v) is 4.54. The quantitative estimate of drug-likeness (QED) is 0.710. The number of carbonyl (C=O) groups is 1. The SMILES string of the molecule is CC(C)c1nn(CC(=O)N[C@@H]2CCNC2)c(=O)c2cc3sc(Cl)cc3n12. The third-order valence-electron chi connectivity index (χ3n) is 4.60. The molecule has 1 saturated heterocycles. The lowest BCUT2D eigenvalue weighted by atomic mass is 10.2. The number of carbonyl (C=O) groups excluding carboxylic acids is 1. The largest absolute Gasteiger partial charge is 0.350 e. The van der Waals surface area contributed by atoms with E-state index >= 15 is 0 Å². The molecule has 4 heterocycles. The average Bonchev–Trinajstić information content (AvgIpc) is 3.26. The summed E-state index contributed by atoms with van der Waals surface area (Å²) >= 11 is 7.55. The number of amides is 1. The molecule has 1 fully saturated rings. The van der Waals surface area contributed by atoms with Crippen LogP contribution in [-0.4, -0.2) is 39.2 Å². The predicted molar refractivity (Wildman–Crippen MR) is 103 cm³/mol. The van der Waals surface area contributed by atoms with E-state index in [2.05, 4.69) is 15.7 Å². The Balaban J connectivity index is 1.76. The summed E-state index contributed by atoms with van der Waals surface area (Å²) in [6, 6.07) is 3.80. The Labute approximate surface area is 158 Å². The Morgan fingerprint density at radius 2 is 2.27 bits per heavy atom. The van der Waals surface area contributed by atoms with Crippen LogP contribution in [0.3, 0.4) is 0 Å². The first-order valence-electron chi connectivity index (χ1n) is 8.65. The molecule has 0 spiro atoms. The highest BCUT2D eigenvalue weighted by Crippen LogP contribution is 2.32. The highest BCUT2D eigenvalue weighted by atomic mass is 35.5. The smallest absolute Gasteiger partial charge is 0.291 e. The minimum absolute atomic E-state index is 0.0782. The first-order chi connectivity index (χ1) is 12.4. The number of rotatable bonds is 4. The molecule has 138 valence electrons. The normalized spacial score (nSPS) is 17.6. The lowest BCUT2D eigenvalue weighted by Gasteiger charge is -2.15. The van der Waals surface area contributed by atoms with Crippen molar-refractivity contribution >= 4 is 44.6 Å². The van der Waals surface area contributed by atoms with E-state index in [0.717, 1.165) is 35.6 Å². The molecule has 0 aliphatic carbocycles. The average molecular weight is 394 g/mol. The minimum atomic E-state index is -0.270. The van der Waals surface area contributed by atoms with Gasteiger partial charge in [-0.3, -0.25) is 14.0 Å². The first kappa shape index (κ1) is 17.5. The van der Waals surface area contributed by atoms with Gasteiger partial charge in [-0.1, -0.05) is 25.4 Å². The van der Waals surface area contributed by atoms with Crippen LogP contribution in [0.4, 0.5) is 0 Å². The highest BCUT2D eigenvalue weighted by molar-refractivity contribution is 7.22. The van der Waals surface area contributed by atoms with Crippen molar-refractivity contribution in [2.24, 2.45) is 0 Å². The Morgan fingerprint density at radius 3 is 2.96 bits per heavy atom. The third kappa shape index (κ3) is 3.02. The molecule has 0 unspecified atom stereocenters. The zero-order chi connectivity index (χ0) is 18.4. The number of nitrogens with zero attached hydrogens (tertiary/aromatic N) is 3. The molecule has 0 aromatic carbocycles. The summed E-state index contributed by atoms with van der Waals surface area (Å²) < 4.78 is 4.75. The van der Waals surface area contributed by atoms with Gasteiger partial charge in [0.25, 0.3) is 5.56 Å². The van der Waals surface area contributed by atoms with Crippen LogP contribution >= 0.6 is 22.9 Å². The van der Waals surface area contributed by atoms with Gasteiger partial charge in [0.2, 0.25) is 5.91 Å². The second kappa shape index (κ2) is 6.68. The predicted octanol–water partition coefficient (Wildman–Crippen LogP) is 1.97. The van der Waals surface area contributed by atoms with Crippen molar-refractivity contribution < 1.29 is 4.79 Å². The Hall–Kier alpha value is -1.90. The molecule has 7 nitrogen and oxygen atoms in total. The maximum Gasteiger partial charge on any atom is 0.291 e. The Bertz CT molecular complexity index is 1040. The molecular formula is C17H20ClN5O2S. The van der Waals surface area contributed by atoms with Crippen LogP contribution in [0.1, 0.15) is 32.0 Å². The van der Waals surface area contributed by atoms with E-state index in [0.29, 0.717) is 9.85 Å². The first-order valence-corrected chi connectivity index (χ1v) is 9.85. The van der Waals surface area contributed by atoms with Crippen molar-refractivity contribution in [2.75, 3.05) is 13.1 Å². The molecule has 4 rings (SSSR count). The third-order valence-corrected chi connectivity index (χ3v) is 5.80. The summed E-state index contributed by atoms with van der Waals surface area (Å²) in [4.78, 5) is 25.2. The van der Waals surface area contributed by atoms with Gasteiger partial charge in [0.15, 0.2) is 0 Å². The number of nitrogens with one attached hydrogen (secondary N) is 2. The molecule has 26 heavy (non-hydrogen) atoms. The molecule has 1 amide bonds. The van der Waals surface area contributed by atoms with Gasteiger partial charge in [0.1, 0.15) is 17.9 Å². The molecule has 0 radical (unpaired) electrons. The van der Waals surface area contributed by atoms with Crippen LogP contribution in [-0.2, 0) is 11.3 Å². The molecule has 1 aliphatic heterocycles. The fraction of sp³-hybridized carbons (Fsp3) is 0.471. The van der Waals surface area contributed by atoms with Gasteiger partial charge in [0.05, 0.1) is 14.6 Å². The Kier molecular flexibility index (Phi) is 4.50. The van der Waals surface area contributed by atoms with E-state index in [1.807, 2.05) is 30.4 Å². The molecule has 0 bridgehead atoms. The lowest BCUT2D eigenvalue weighted by Crippen LogP contribution is -2.41. The molecule has 9 heteroatoms. The van der Waals surface area contributed by atoms with Crippen molar-refractivity contribution in [3.63, 3.8) is 0 Å². The van der Waals surface area contributed by atoms with Crippen LogP contribution in [0, 0.1) is 0 Å². The van der Waals surface area contributed by atoms with Crippen LogP contribution < -0.4 is 16.2 Å². The topological polar surface area (TPSA) is 80.4 Å². The van der Waals surface area contributed by atoms with Gasteiger partial charge >= 0.3 is 0 Å². The van der Waals surface area contributed by atoms with E-state index < -0.39 is 0 Å². The number of hydrogen-bond acceptors (Lipinski definition) is 5. The van der Waals surface area contributed by atoms with E-state index in [9.17, 15) is 9.59 Å². The summed E-state index contributed by atoms with van der Waals surface area (Å²) in [7, 11) is 0. The lowest BCUT2D eigenvalue weighted by molar-refractivity contribution is -0.122. The van der Waals surface area contributed by atoms with Crippen molar-refractivity contribution in [3.8, 4) is 0 Å². The van der Waals surface area contributed by atoms with Crippen molar-refractivity contribution in [2.45, 2.75) is 38.8 Å². The summed E-state index contributed by atoms with van der Waals surface area (Å²) in [6.07, 6.45) is 0.903. The standard InChI is InChI=1S/C17H20ClN5O2S/c1-9(2)16-21-22(8-15(24)20-10-3-4-19-7-10)17(25)12-5-13-11(23(12)16)6-14(18)26-13/h5-6,9-10,19H,3-4,7-8H2,1-2H3,(H,20,24)/t10-/m1/s1. The van der Waals surface area contributed by atoms with E-state index in [1.165, 1.54) is 16.0 Å². The molecule has 3 aromatic rings. The number of halogens is 1. The summed E-state index contributed by atoms with van der Waals surface area (Å²) in [6.45, 7) is 5.61. The van der Waals surface area contributed by atoms with Crippen LogP contribution in [0.15, 0.2) is 16.9 Å². The van der Waals surface area contributed by atoms with Gasteiger partial charge in [-0.15, -0.1) is 11.3 Å². The molecule has 0 saturated carbocycles. The van der Waals surface area contributed by atoms with Gasteiger partial charge in [0, 0.05) is 18.5 Å². The van der Waals surface area contributed by atoms with Gasteiger partial charge < -0.3 is 10.6 Å². The monoisotopic (exact) mass is 393 g/mol. The number of aromatic nitrogens is 3. The highest BCUT2D eigenvalue weighted by Gasteiger charge is 2.21. The van der Waals surface area contributed by atoms with Crippen molar-refractivity contribution in [3.05, 3.63) is 32.6 Å². The fourth-order valence-electron chi connectivity index (χ4n) is 3.38. The number of thiophene rings is 1. The maximum absolute atomic E-state index is 12.9. The maximum atomic E-state index is 12.9. The second-order valence-corrected chi connectivity index (χ2v) is 8.61. The number of fused-ring (bicyclic) bond motifs is 3. The van der Waals surface area contributed by atoms with Crippen molar-refractivity contribution in [1.29, 1.82) is 0 Å². The van der Waals surface area contributed by atoms with Gasteiger partial charge in [-0.05, 0) is 25.1 Å². The van der Waals surface area contributed by atoms with Crippen LogP contribution in [0.2, 0.25) is 4.34 Å². The number of hydrogen-bond donors (Lipinski definition) is 2. The molecule has 3 aromatic heterocycles. The summed E-state index contributed by atoms with van der Waals surface area (Å²) in [5.74, 6) is 0.629. The zero-order valence-electron chi connectivity index (χ0n) is 14.6. The van der Waals surface area contributed by atoms with E-state index in [-0.39, 0.29) is 30.0 Å².